The molecule has 9 nitrogen and oxygen atoms in total. The maximum Gasteiger partial charge on any atom is 0.313 e. The van der Waals surface area contributed by atoms with Gasteiger partial charge in [0.15, 0.2) is 11.5 Å². The van der Waals surface area contributed by atoms with E-state index in [0.717, 1.165) is 30.2 Å². The third-order valence-electron chi connectivity index (χ3n) is 4.92. The summed E-state index contributed by atoms with van der Waals surface area (Å²) in [4.78, 5) is 24.4. The lowest BCUT2D eigenvalue weighted by molar-refractivity contribution is -0.136. The van der Waals surface area contributed by atoms with Crippen LogP contribution in [0.1, 0.15) is 17.5 Å². The lowest BCUT2D eigenvalue weighted by atomic mass is 10.0. The number of hydrogen-bond acceptors (Lipinski definition) is 6. The molecule has 0 saturated carbocycles. The number of anilines is 2. The average Bonchev–Trinajstić information content (AvgIpc) is 3.18. The molecule has 2 aliphatic heterocycles. The number of benzene rings is 2. The Morgan fingerprint density at radius 3 is 2.67 bits per heavy atom. The molecule has 10 heteroatoms. The van der Waals surface area contributed by atoms with Gasteiger partial charge in [-0.05, 0) is 48.2 Å². The molecule has 0 bridgehead atoms. The van der Waals surface area contributed by atoms with E-state index in [1.165, 1.54) is 4.31 Å². The Kier molecular flexibility index (Phi) is 5.25. The lowest BCUT2D eigenvalue weighted by Crippen LogP contribution is -2.36. The van der Waals surface area contributed by atoms with E-state index in [-0.39, 0.29) is 13.3 Å². The Bertz CT molecular complexity index is 1120. The van der Waals surface area contributed by atoms with Crippen molar-refractivity contribution in [1.29, 1.82) is 0 Å². The van der Waals surface area contributed by atoms with Gasteiger partial charge in [-0.25, -0.2) is 8.42 Å². The maximum absolute atomic E-state index is 12.3. The zero-order valence-electron chi connectivity index (χ0n) is 16.3. The van der Waals surface area contributed by atoms with Crippen molar-refractivity contribution in [3.8, 4) is 11.5 Å². The summed E-state index contributed by atoms with van der Waals surface area (Å²) in [5.41, 5.74) is 2.53. The molecule has 4 rings (SSSR count). The number of aryl methyl sites for hydroxylation is 1. The molecular formula is C20H21N3O6S. The third-order valence-corrected chi connectivity index (χ3v) is 6.10. The number of hydrogen-bond donors (Lipinski definition) is 2. The van der Waals surface area contributed by atoms with Crippen LogP contribution in [0.3, 0.4) is 0 Å². The molecule has 0 radical (unpaired) electrons. The molecule has 0 saturated heterocycles. The largest absolute Gasteiger partial charge is 0.454 e. The molecule has 2 aromatic carbocycles. The van der Waals surface area contributed by atoms with Crippen LogP contribution in [0.25, 0.3) is 0 Å². The summed E-state index contributed by atoms with van der Waals surface area (Å²) in [6, 6.07) is 10.3. The maximum atomic E-state index is 12.3. The van der Waals surface area contributed by atoms with E-state index in [1.54, 1.807) is 36.4 Å². The van der Waals surface area contributed by atoms with Crippen LogP contribution < -0.4 is 24.4 Å². The Labute approximate surface area is 174 Å². The minimum atomic E-state index is -3.42. The van der Waals surface area contributed by atoms with Crippen molar-refractivity contribution in [3.63, 3.8) is 0 Å². The smallest absolute Gasteiger partial charge is 0.313 e. The van der Waals surface area contributed by atoms with Gasteiger partial charge in [-0.15, -0.1) is 0 Å². The summed E-state index contributed by atoms with van der Waals surface area (Å²) in [7, 11) is -3.42. The number of carbonyl (C=O) groups excluding carboxylic acids is 2. The predicted octanol–water partition coefficient (Wildman–Crippen LogP) is 1.38. The molecule has 2 heterocycles. The number of ether oxygens (including phenoxy) is 2. The molecule has 0 unspecified atom stereocenters. The molecule has 0 fully saturated rings. The van der Waals surface area contributed by atoms with Gasteiger partial charge in [0.05, 0.1) is 11.9 Å². The topological polar surface area (TPSA) is 114 Å². The molecule has 0 atom stereocenters. The minimum absolute atomic E-state index is 0.148. The second-order valence-corrected chi connectivity index (χ2v) is 9.01. The number of rotatable bonds is 4. The van der Waals surface area contributed by atoms with Crippen molar-refractivity contribution >= 4 is 33.2 Å². The van der Waals surface area contributed by atoms with Gasteiger partial charge in [0.25, 0.3) is 0 Å². The van der Waals surface area contributed by atoms with Crippen LogP contribution in [0.5, 0.6) is 11.5 Å². The van der Waals surface area contributed by atoms with Crippen LogP contribution >= 0.6 is 0 Å². The number of sulfonamides is 1. The summed E-state index contributed by atoms with van der Waals surface area (Å²) in [5.74, 6) is -0.406. The molecule has 0 aliphatic carbocycles. The van der Waals surface area contributed by atoms with Gasteiger partial charge in [0.2, 0.25) is 16.8 Å². The van der Waals surface area contributed by atoms with Gasteiger partial charge < -0.3 is 20.1 Å². The van der Waals surface area contributed by atoms with E-state index in [4.69, 9.17) is 9.47 Å². The summed E-state index contributed by atoms with van der Waals surface area (Å²) in [6.07, 6.45) is 2.64. The number of carbonyl (C=O) groups is 2. The van der Waals surface area contributed by atoms with Gasteiger partial charge in [0.1, 0.15) is 0 Å². The molecular weight excluding hydrogens is 410 g/mol. The Balaban J connectivity index is 1.40. The summed E-state index contributed by atoms with van der Waals surface area (Å²) in [5, 5.41) is 5.08. The highest BCUT2D eigenvalue weighted by Gasteiger charge is 2.25. The highest BCUT2D eigenvalue weighted by molar-refractivity contribution is 7.92. The average molecular weight is 431 g/mol. The second-order valence-electron chi connectivity index (χ2n) is 7.11. The van der Waals surface area contributed by atoms with Crippen LogP contribution in [-0.2, 0) is 32.6 Å². The number of nitrogens with one attached hydrogen (secondary N) is 2. The molecule has 2 aromatic rings. The Morgan fingerprint density at radius 2 is 1.87 bits per heavy atom. The zero-order chi connectivity index (χ0) is 21.3. The first-order valence-electron chi connectivity index (χ1n) is 9.39. The fraction of sp³-hybridized carbons (Fsp3) is 0.300. The van der Waals surface area contributed by atoms with Gasteiger partial charge in [-0.3, -0.25) is 13.9 Å². The first-order chi connectivity index (χ1) is 14.3. The van der Waals surface area contributed by atoms with Crippen LogP contribution in [0, 0.1) is 0 Å². The van der Waals surface area contributed by atoms with Crippen molar-refractivity contribution in [2.45, 2.75) is 19.4 Å². The second kappa shape index (κ2) is 7.86. The number of amides is 2. The Morgan fingerprint density at radius 1 is 1.07 bits per heavy atom. The minimum Gasteiger partial charge on any atom is -0.454 e. The fourth-order valence-corrected chi connectivity index (χ4v) is 4.45. The predicted molar refractivity (Wildman–Crippen MR) is 110 cm³/mol. The SMILES string of the molecule is CS(=O)(=O)N1CCCc2ccc(NC(=O)C(=O)NCc3ccc4c(c3)OCO4)cc21. The highest BCUT2D eigenvalue weighted by atomic mass is 32.2. The van der Waals surface area contributed by atoms with Gasteiger partial charge >= 0.3 is 11.8 Å². The molecule has 0 aromatic heterocycles. The summed E-state index contributed by atoms with van der Waals surface area (Å²) in [6.45, 7) is 0.694. The van der Waals surface area contributed by atoms with Crippen molar-refractivity contribution in [2.75, 3.05) is 29.2 Å². The first-order valence-corrected chi connectivity index (χ1v) is 11.2. The van der Waals surface area contributed by atoms with Crippen LogP contribution in [0.4, 0.5) is 11.4 Å². The standard InChI is InChI=1S/C20H21N3O6S/c1-30(26,27)23-8-2-3-14-5-6-15(10-16(14)23)22-20(25)19(24)21-11-13-4-7-17-18(9-13)29-12-28-17/h4-7,9-10H,2-3,8,11-12H2,1H3,(H,21,24)(H,22,25). The van der Waals surface area contributed by atoms with Gasteiger partial charge in [0, 0.05) is 18.8 Å². The van der Waals surface area contributed by atoms with E-state index in [9.17, 15) is 18.0 Å². The molecule has 158 valence electrons. The van der Waals surface area contributed by atoms with Crippen LogP contribution in [0.2, 0.25) is 0 Å². The molecule has 30 heavy (non-hydrogen) atoms. The number of fused-ring (bicyclic) bond motifs is 2. The number of nitrogens with zero attached hydrogens (tertiary/aromatic N) is 1. The molecule has 2 aliphatic rings. The van der Waals surface area contributed by atoms with Crippen molar-refractivity contribution in [3.05, 3.63) is 47.5 Å². The fourth-order valence-electron chi connectivity index (χ4n) is 3.46. The summed E-state index contributed by atoms with van der Waals surface area (Å²) >= 11 is 0. The molecule has 2 N–H and O–H groups in total. The molecule has 2 amide bonds. The highest BCUT2D eigenvalue weighted by Crippen LogP contribution is 2.33. The Hall–Kier alpha value is -3.27. The quantitative estimate of drug-likeness (QED) is 0.707. The van der Waals surface area contributed by atoms with Crippen molar-refractivity contribution < 1.29 is 27.5 Å². The first kappa shape index (κ1) is 20.0. The van der Waals surface area contributed by atoms with E-state index < -0.39 is 21.8 Å². The van der Waals surface area contributed by atoms with E-state index >= 15 is 0 Å². The van der Waals surface area contributed by atoms with E-state index in [1.807, 2.05) is 0 Å². The van der Waals surface area contributed by atoms with Gasteiger partial charge in [-0.1, -0.05) is 12.1 Å². The normalized spacial score (nSPS) is 14.8. The van der Waals surface area contributed by atoms with Crippen molar-refractivity contribution in [1.82, 2.24) is 5.32 Å². The van der Waals surface area contributed by atoms with E-state index in [0.29, 0.717) is 29.4 Å². The monoisotopic (exact) mass is 431 g/mol. The summed E-state index contributed by atoms with van der Waals surface area (Å²) < 4.78 is 35.9. The zero-order valence-corrected chi connectivity index (χ0v) is 17.1. The molecule has 0 spiro atoms. The van der Waals surface area contributed by atoms with Gasteiger partial charge in [-0.2, -0.15) is 0 Å². The lowest BCUT2D eigenvalue weighted by Gasteiger charge is -2.29. The van der Waals surface area contributed by atoms with Crippen LogP contribution in [0.15, 0.2) is 36.4 Å². The third kappa shape index (κ3) is 4.18. The van der Waals surface area contributed by atoms with E-state index in [2.05, 4.69) is 10.6 Å². The van der Waals surface area contributed by atoms with Crippen molar-refractivity contribution in [2.24, 2.45) is 0 Å². The van der Waals surface area contributed by atoms with Crippen LogP contribution in [-0.4, -0.2) is 39.8 Å².